The lowest BCUT2D eigenvalue weighted by Gasteiger charge is -2.31. The third kappa shape index (κ3) is 3.23. The Morgan fingerprint density at radius 1 is 1.14 bits per heavy atom. The Hall–Kier alpha value is -2.04. The summed E-state index contributed by atoms with van der Waals surface area (Å²) < 4.78 is 2.33. The van der Waals surface area contributed by atoms with Crippen molar-refractivity contribution < 1.29 is 4.79 Å². The second-order valence-corrected chi connectivity index (χ2v) is 9.54. The zero-order chi connectivity index (χ0) is 20.0. The highest BCUT2D eigenvalue weighted by Gasteiger charge is 2.35. The molecule has 5 heteroatoms. The minimum Gasteiger partial charge on any atom is -0.326 e. The molecular formula is C24H25ClN2OS. The zero-order valence-electron chi connectivity index (χ0n) is 16.7. The fourth-order valence-corrected chi connectivity index (χ4v) is 6.31. The van der Waals surface area contributed by atoms with E-state index >= 15 is 0 Å². The van der Waals surface area contributed by atoms with Gasteiger partial charge in [0.15, 0.2) is 0 Å². The molecule has 150 valence electrons. The second kappa shape index (κ2) is 7.66. The molecular weight excluding hydrogens is 400 g/mol. The topological polar surface area (TPSA) is 25.2 Å². The van der Waals surface area contributed by atoms with Crippen LogP contribution in [0.5, 0.6) is 0 Å². The number of carbonyl (C=O) groups is 1. The Balaban J connectivity index is 1.71. The van der Waals surface area contributed by atoms with Gasteiger partial charge in [-0.1, -0.05) is 30.7 Å². The monoisotopic (exact) mass is 424 g/mol. The summed E-state index contributed by atoms with van der Waals surface area (Å²) in [4.78, 5) is 17.0. The minimum absolute atomic E-state index is 0.0971. The number of fused-ring (bicyclic) bond motifs is 5. The Bertz CT molecular complexity index is 1050. The van der Waals surface area contributed by atoms with Crippen molar-refractivity contribution in [2.24, 2.45) is 0 Å². The molecule has 2 aliphatic rings. The van der Waals surface area contributed by atoms with Gasteiger partial charge in [-0.2, -0.15) is 0 Å². The molecule has 0 saturated carbocycles. The molecule has 0 radical (unpaired) electrons. The van der Waals surface area contributed by atoms with E-state index in [9.17, 15) is 4.79 Å². The van der Waals surface area contributed by atoms with Crippen LogP contribution in [0.25, 0.3) is 5.00 Å². The molecule has 3 aromatic rings. The Morgan fingerprint density at radius 2 is 1.93 bits per heavy atom. The van der Waals surface area contributed by atoms with Crippen LogP contribution in [0, 0.1) is 0 Å². The van der Waals surface area contributed by atoms with Crippen molar-refractivity contribution in [1.82, 2.24) is 9.47 Å². The van der Waals surface area contributed by atoms with Crippen LogP contribution in [0.1, 0.15) is 65.9 Å². The second-order valence-electron chi connectivity index (χ2n) is 8.02. The van der Waals surface area contributed by atoms with Crippen LogP contribution in [0.4, 0.5) is 0 Å². The van der Waals surface area contributed by atoms with E-state index in [-0.39, 0.29) is 11.9 Å². The molecule has 3 heterocycles. The number of aromatic nitrogens is 1. The van der Waals surface area contributed by atoms with Crippen LogP contribution in [-0.4, -0.2) is 15.4 Å². The summed E-state index contributed by atoms with van der Waals surface area (Å²) >= 11 is 8.09. The van der Waals surface area contributed by atoms with E-state index < -0.39 is 0 Å². The summed E-state index contributed by atoms with van der Waals surface area (Å²) in [5.41, 5.74) is 5.14. The molecule has 0 saturated heterocycles. The van der Waals surface area contributed by atoms with Gasteiger partial charge in [0, 0.05) is 34.6 Å². The first-order valence-electron chi connectivity index (χ1n) is 10.5. The van der Waals surface area contributed by atoms with Crippen LogP contribution in [-0.2, 0) is 24.2 Å². The molecule has 3 nitrogen and oxygen atoms in total. The molecule has 1 atom stereocenters. The van der Waals surface area contributed by atoms with Crippen molar-refractivity contribution >= 4 is 28.8 Å². The van der Waals surface area contributed by atoms with Crippen LogP contribution in [0.3, 0.4) is 0 Å². The molecule has 0 bridgehead atoms. The first-order chi connectivity index (χ1) is 14.2. The molecule has 1 aliphatic carbocycles. The standard InChI is InChI=1S/C24H25ClN2OS/c1-2-6-22(28)27-15-19-18-7-3-4-9-21(18)29-24(19)26-14-5-8-20(26)23(27)16-10-12-17(25)13-11-16/h5,8,10-14,23H,2-4,6-7,9,15H2,1H3/t23-/m1/s1. The van der Waals surface area contributed by atoms with Gasteiger partial charge in [-0.3, -0.25) is 4.79 Å². The summed E-state index contributed by atoms with van der Waals surface area (Å²) in [5.74, 6) is 0.226. The highest BCUT2D eigenvalue weighted by molar-refractivity contribution is 7.15. The van der Waals surface area contributed by atoms with Gasteiger partial charge >= 0.3 is 0 Å². The number of carbonyl (C=O) groups excluding carboxylic acids is 1. The molecule has 29 heavy (non-hydrogen) atoms. The van der Waals surface area contributed by atoms with Crippen LogP contribution < -0.4 is 0 Å². The quantitative estimate of drug-likeness (QED) is 0.484. The fraction of sp³-hybridized carbons (Fsp3) is 0.375. The van der Waals surface area contributed by atoms with Gasteiger partial charge in [0.1, 0.15) is 5.00 Å². The first kappa shape index (κ1) is 19.0. The van der Waals surface area contributed by atoms with E-state index in [1.54, 1.807) is 0 Å². The SMILES string of the molecule is CCCC(=O)N1Cc2c(sc3c2CCCC3)-n2cccc2[C@H]1c1ccc(Cl)cc1. The summed E-state index contributed by atoms with van der Waals surface area (Å²) in [6.45, 7) is 2.77. The minimum atomic E-state index is -0.0971. The highest BCUT2D eigenvalue weighted by atomic mass is 35.5. The number of hydrogen-bond acceptors (Lipinski definition) is 2. The lowest BCUT2D eigenvalue weighted by molar-refractivity contribution is -0.133. The van der Waals surface area contributed by atoms with Gasteiger partial charge in [0.25, 0.3) is 0 Å². The van der Waals surface area contributed by atoms with E-state index in [2.05, 4.69) is 46.9 Å². The summed E-state index contributed by atoms with van der Waals surface area (Å²) in [7, 11) is 0. The van der Waals surface area contributed by atoms with Crippen molar-refractivity contribution in [3.05, 3.63) is 74.9 Å². The van der Waals surface area contributed by atoms with E-state index in [4.69, 9.17) is 11.6 Å². The lowest BCUT2D eigenvalue weighted by atomic mass is 9.95. The van der Waals surface area contributed by atoms with E-state index in [0.717, 1.165) is 29.1 Å². The van der Waals surface area contributed by atoms with Crippen molar-refractivity contribution in [2.45, 2.75) is 58.0 Å². The van der Waals surface area contributed by atoms with Crippen LogP contribution >= 0.6 is 22.9 Å². The average Bonchev–Trinajstić information content (AvgIpc) is 3.31. The van der Waals surface area contributed by atoms with E-state index in [1.807, 2.05) is 23.5 Å². The number of benzene rings is 1. The fourth-order valence-electron chi connectivity index (χ4n) is 4.78. The molecule has 0 unspecified atom stereocenters. The van der Waals surface area contributed by atoms with Gasteiger partial charge in [-0.25, -0.2) is 0 Å². The molecule has 5 rings (SSSR count). The average molecular weight is 425 g/mol. The number of thiophene rings is 1. The van der Waals surface area contributed by atoms with Gasteiger partial charge in [0.05, 0.1) is 11.7 Å². The first-order valence-corrected chi connectivity index (χ1v) is 11.7. The maximum atomic E-state index is 13.3. The Morgan fingerprint density at radius 3 is 2.72 bits per heavy atom. The molecule has 0 N–H and O–H groups in total. The molecule has 2 aromatic heterocycles. The number of aryl methyl sites for hydroxylation is 1. The highest BCUT2D eigenvalue weighted by Crippen LogP contribution is 2.44. The molecule has 1 amide bonds. The number of halogens is 1. The van der Waals surface area contributed by atoms with E-state index in [1.165, 1.54) is 40.3 Å². The third-order valence-electron chi connectivity index (χ3n) is 6.15. The van der Waals surface area contributed by atoms with Crippen molar-refractivity contribution in [3.63, 3.8) is 0 Å². The normalized spacial score (nSPS) is 18.0. The van der Waals surface area contributed by atoms with Crippen LogP contribution in [0.15, 0.2) is 42.6 Å². The van der Waals surface area contributed by atoms with Crippen molar-refractivity contribution in [2.75, 3.05) is 0 Å². The summed E-state index contributed by atoms with van der Waals surface area (Å²) in [6, 6.07) is 12.1. The van der Waals surface area contributed by atoms with E-state index in [0.29, 0.717) is 13.0 Å². The van der Waals surface area contributed by atoms with Gasteiger partial charge in [-0.15, -0.1) is 11.3 Å². The van der Waals surface area contributed by atoms with Crippen molar-refractivity contribution in [3.8, 4) is 5.00 Å². The van der Waals surface area contributed by atoms with Gasteiger partial charge < -0.3 is 9.47 Å². The largest absolute Gasteiger partial charge is 0.326 e. The van der Waals surface area contributed by atoms with Gasteiger partial charge in [0.2, 0.25) is 5.91 Å². The van der Waals surface area contributed by atoms with Crippen molar-refractivity contribution in [1.29, 1.82) is 0 Å². The predicted octanol–water partition coefficient (Wildman–Crippen LogP) is 6.30. The Kier molecular flexibility index (Phi) is 5.00. The number of rotatable bonds is 3. The molecule has 0 spiro atoms. The molecule has 1 aliphatic heterocycles. The predicted molar refractivity (Wildman–Crippen MR) is 119 cm³/mol. The Labute approximate surface area is 180 Å². The summed E-state index contributed by atoms with van der Waals surface area (Å²) in [5, 5.41) is 2.03. The third-order valence-corrected chi connectivity index (χ3v) is 7.73. The number of nitrogens with zero attached hydrogens (tertiary/aromatic N) is 2. The molecule has 1 aromatic carbocycles. The summed E-state index contributed by atoms with van der Waals surface area (Å²) in [6.07, 6.45) is 8.43. The smallest absolute Gasteiger partial charge is 0.223 e. The van der Waals surface area contributed by atoms with Crippen LogP contribution in [0.2, 0.25) is 5.02 Å². The maximum absolute atomic E-state index is 13.3. The maximum Gasteiger partial charge on any atom is 0.223 e. The number of hydrogen-bond donors (Lipinski definition) is 0. The number of amides is 1. The molecule has 0 fully saturated rings. The lowest BCUT2D eigenvalue weighted by Crippen LogP contribution is -2.34. The van der Waals surface area contributed by atoms with Gasteiger partial charge in [-0.05, 0) is 67.5 Å². The zero-order valence-corrected chi connectivity index (χ0v) is 18.2.